The number of carbonyl (C=O) groups excluding carboxylic acids is 1. The maximum Gasteiger partial charge on any atom is 0.219 e. The Labute approximate surface area is 121 Å². The van der Waals surface area contributed by atoms with Gasteiger partial charge in [0, 0.05) is 30.6 Å². The van der Waals surface area contributed by atoms with Gasteiger partial charge in [-0.05, 0) is 29.0 Å². The largest absolute Gasteiger partial charge is 0.496 e. The summed E-state index contributed by atoms with van der Waals surface area (Å²) in [6, 6.07) is 10.1. The normalized spacial score (nSPS) is 10.5. The molecule has 0 spiro atoms. The summed E-state index contributed by atoms with van der Waals surface area (Å²) in [7, 11) is 3.44. The number of benzene rings is 2. The van der Waals surface area contributed by atoms with Crippen LogP contribution in [0.15, 0.2) is 34.8 Å². The Balaban J connectivity index is 2.57. The topological polar surface area (TPSA) is 29.5 Å². The number of nitrogens with zero attached hydrogens (tertiary/aromatic N) is 1. The average molecular weight is 322 g/mol. The van der Waals surface area contributed by atoms with Crippen LogP contribution in [0.25, 0.3) is 10.8 Å². The molecule has 0 aliphatic rings. The second-order valence-corrected chi connectivity index (χ2v) is 5.40. The van der Waals surface area contributed by atoms with E-state index in [-0.39, 0.29) is 5.91 Å². The molecule has 0 bridgehead atoms. The summed E-state index contributed by atoms with van der Waals surface area (Å²) in [5.74, 6) is 0.846. The SMILES string of the molecule is COc1ccc2cc(Br)ccc2c1CN(C)C(C)=O. The summed E-state index contributed by atoms with van der Waals surface area (Å²) in [6.07, 6.45) is 0. The number of amides is 1. The number of methoxy groups -OCH3 is 1. The molecule has 2 aromatic carbocycles. The molecule has 0 unspecified atom stereocenters. The van der Waals surface area contributed by atoms with Gasteiger partial charge in [-0.3, -0.25) is 4.79 Å². The van der Waals surface area contributed by atoms with Gasteiger partial charge in [-0.25, -0.2) is 0 Å². The van der Waals surface area contributed by atoms with Crippen molar-refractivity contribution in [2.45, 2.75) is 13.5 Å². The fourth-order valence-corrected chi connectivity index (χ4v) is 2.43. The van der Waals surface area contributed by atoms with Gasteiger partial charge < -0.3 is 9.64 Å². The average Bonchev–Trinajstić information content (AvgIpc) is 2.38. The number of halogens is 1. The van der Waals surface area contributed by atoms with Crippen LogP contribution in [0.2, 0.25) is 0 Å². The van der Waals surface area contributed by atoms with Crippen molar-refractivity contribution in [3.8, 4) is 5.75 Å². The zero-order chi connectivity index (χ0) is 14.0. The van der Waals surface area contributed by atoms with Crippen LogP contribution < -0.4 is 4.74 Å². The van der Waals surface area contributed by atoms with Crippen LogP contribution in [-0.4, -0.2) is 25.0 Å². The van der Waals surface area contributed by atoms with Crippen LogP contribution in [0.3, 0.4) is 0 Å². The van der Waals surface area contributed by atoms with Crippen molar-refractivity contribution in [2.75, 3.05) is 14.2 Å². The highest BCUT2D eigenvalue weighted by atomic mass is 79.9. The molecule has 2 rings (SSSR count). The van der Waals surface area contributed by atoms with Crippen molar-refractivity contribution in [3.05, 3.63) is 40.4 Å². The standard InChI is InChI=1S/C15H16BrNO2/c1-10(18)17(2)9-14-13-6-5-12(16)8-11(13)4-7-15(14)19-3/h4-8H,9H2,1-3H3. The molecule has 0 saturated heterocycles. The van der Waals surface area contributed by atoms with Gasteiger partial charge in [0.2, 0.25) is 5.91 Å². The predicted molar refractivity (Wildman–Crippen MR) is 80.3 cm³/mol. The maximum absolute atomic E-state index is 11.4. The molecule has 0 aliphatic heterocycles. The molecule has 1 amide bonds. The zero-order valence-electron chi connectivity index (χ0n) is 11.2. The lowest BCUT2D eigenvalue weighted by atomic mass is 10.0. The van der Waals surface area contributed by atoms with Crippen molar-refractivity contribution in [3.63, 3.8) is 0 Å². The van der Waals surface area contributed by atoms with Gasteiger partial charge in [0.1, 0.15) is 5.75 Å². The van der Waals surface area contributed by atoms with Crippen LogP contribution in [0, 0.1) is 0 Å². The minimum Gasteiger partial charge on any atom is -0.496 e. The Morgan fingerprint density at radius 1 is 1.32 bits per heavy atom. The summed E-state index contributed by atoms with van der Waals surface area (Å²) in [4.78, 5) is 13.1. The minimum absolute atomic E-state index is 0.0381. The second-order valence-electron chi connectivity index (χ2n) is 4.49. The third-order valence-corrected chi connectivity index (χ3v) is 3.70. The van der Waals surface area contributed by atoms with E-state index < -0.39 is 0 Å². The summed E-state index contributed by atoms with van der Waals surface area (Å²) in [5.41, 5.74) is 1.03. The minimum atomic E-state index is 0.0381. The van der Waals surface area contributed by atoms with Gasteiger partial charge in [-0.2, -0.15) is 0 Å². The number of hydrogen-bond donors (Lipinski definition) is 0. The first kappa shape index (κ1) is 13.9. The lowest BCUT2D eigenvalue weighted by Crippen LogP contribution is -2.23. The molecule has 0 aliphatic carbocycles. The first-order chi connectivity index (χ1) is 9.02. The molecule has 100 valence electrons. The fourth-order valence-electron chi connectivity index (χ4n) is 2.05. The Hall–Kier alpha value is -1.55. The van der Waals surface area contributed by atoms with Crippen molar-refractivity contribution < 1.29 is 9.53 Å². The first-order valence-corrected chi connectivity index (χ1v) is 6.79. The van der Waals surface area contributed by atoms with Gasteiger partial charge in [-0.1, -0.05) is 28.1 Å². The lowest BCUT2D eigenvalue weighted by Gasteiger charge is -2.19. The van der Waals surface area contributed by atoms with Crippen LogP contribution in [-0.2, 0) is 11.3 Å². The number of carbonyl (C=O) groups is 1. The van der Waals surface area contributed by atoms with Crippen molar-refractivity contribution in [1.82, 2.24) is 4.90 Å². The third kappa shape index (κ3) is 2.89. The molecule has 0 atom stereocenters. The van der Waals surface area contributed by atoms with Crippen molar-refractivity contribution in [1.29, 1.82) is 0 Å². The highest BCUT2D eigenvalue weighted by Crippen LogP contribution is 2.30. The van der Waals surface area contributed by atoms with Crippen molar-refractivity contribution >= 4 is 32.6 Å². The monoisotopic (exact) mass is 321 g/mol. The van der Waals surface area contributed by atoms with E-state index in [1.807, 2.05) is 24.3 Å². The molecule has 0 radical (unpaired) electrons. The van der Waals surface area contributed by atoms with Crippen LogP contribution in [0.4, 0.5) is 0 Å². The predicted octanol–water partition coefficient (Wildman–Crippen LogP) is 3.59. The smallest absolute Gasteiger partial charge is 0.219 e. The number of fused-ring (bicyclic) bond motifs is 1. The molecular weight excluding hydrogens is 306 g/mol. The molecule has 0 aromatic heterocycles. The van der Waals surface area contributed by atoms with Gasteiger partial charge in [-0.15, -0.1) is 0 Å². The molecule has 3 nitrogen and oxygen atoms in total. The van der Waals surface area contributed by atoms with Crippen LogP contribution >= 0.6 is 15.9 Å². The van der Waals surface area contributed by atoms with E-state index in [4.69, 9.17) is 4.74 Å². The highest BCUT2D eigenvalue weighted by molar-refractivity contribution is 9.10. The van der Waals surface area contributed by atoms with Crippen LogP contribution in [0.1, 0.15) is 12.5 Å². The quantitative estimate of drug-likeness (QED) is 0.864. The Morgan fingerprint density at radius 2 is 2.05 bits per heavy atom. The molecule has 0 saturated carbocycles. The van der Waals surface area contributed by atoms with Gasteiger partial charge >= 0.3 is 0 Å². The van der Waals surface area contributed by atoms with Gasteiger partial charge in [0.15, 0.2) is 0 Å². The molecule has 0 fully saturated rings. The molecule has 0 heterocycles. The molecular formula is C15H16BrNO2. The maximum atomic E-state index is 11.4. The molecule has 2 aromatic rings. The second kappa shape index (κ2) is 5.61. The molecule has 4 heteroatoms. The fraction of sp³-hybridized carbons (Fsp3) is 0.267. The summed E-state index contributed by atoms with van der Waals surface area (Å²) >= 11 is 3.47. The Kier molecular flexibility index (Phi) is 4.10. The van der Waals surface area contributed by atoms with E-state index in [9.17, 15) is 4.79 Å². The molecule has 0 N–H and O–H groups in total. The zero-order valence-corrected chi connectivity index (χ0v) is 12.8. The van der Waals surface area contributed by atoms with E-state index in [2.05, 4.69) is 22.0 Å². The van der Waals surface area contributed by atoms with E-state index in [1.165, 1.54) is 0 Å². The van der Waals surface area contributed by atoms with E-state index in [0.717, 1.165) is 26.6 Å². The number of ether oxygens (including phenoxy) is 1. The Bertz CT molecular complexity index is 625. The van der Waals surface area contributed by atoms with Gasteiger partial charge in [0.05, 0.1) is 7.11 Å². The number of rotatable bonds is 3. The van der Waals surface area contributed by atoms with E-state index in [1.54, 1.807) is 26.0 Å². The highest BCUT2D eigenvalue weighted by Gasteiger charge is 2.12. The first-order valence-electron chi connectivity index (χ1n) is 5.99. The summed E-state index contributed by atoms with van der Waals surface area (Å²) < 4.78 is 6.45. The van der Waals surface area contributed by atoms with E-state index >= 15 is 0 Å². The molecule has 19 heavy (non-hydrogen) atoms. The summed E-state index contributed by atoms with van der Waals surface area (Å²) in [5, 5.41) is 2.23. The van der Waals surface area contributed by atoms with Crippen molar-refractivity contribution in [2.24, 2.45) is 0 Å². The van der Waals surface area contributed by atoms with E-state index in [0.29, 0.717) is 6.54 Å². The Morgan fingerprint density at radius 3 is 2.68 bits per heavy atom. The third-order valence-electron chi connectivity index (χ3n) is 3.20. The lowest BCUT2D eigenvalue weighted by molar-refractivity contribution is -0.128. The summed E-state index contributed by atoms with van der Waals surface area (Å²) in [6.45, 7) is 2.10. The number of hydrogen-bond acceptors (Lipinski definition) is 2. The van der Waals surface area contributed by atoms with Crippen LogP contribution in [0.5, 0.6) is 5.75 Å². The van der Waals surface area contributed by atoms with Gasteiger partial charge in [0.25, 0.3) is 0 Å².